The van der Waals surface area contributed by atoms with E-state index in [9.17, 15) is 9.59 Å². The highest BCUT2D eigenvalue weighted by atomic mass is 16.2. The Bertz CT molecular complexity index is 1060. The fourth-order valence-electron chi connectivity index (χ4n) is 4.11. The summed E-state index contributed by atoms with van der Waals surface area (Å²) in [5.41, 5.74) is 8.49. The second-order valence-corrected chi connectivity index (χ2v) is 7.75. The Kier molecular flexibility index (Phi) is 5.97. The lowest BCUT2D eigenvalue weighted by atomic mass is 9.97. The number of hydrogen-bond acceptors (Lipinski definition) is 5. The molecule has 0 radical (unpaired) electrons. The van der Waals surface area contributed by atoms with E-state index in [0.717, 1.165) is 42.3 Å². The largest absolute Gasteiger partial charge is 0.355 e. The normalized spacial score (nSPS) is 16.1. The van der Waals surface area contributed by atoms with Crippen molar-refractivity contribution in [2.24, 2.45) is 5.92 Å². The van der Waals surface area contributed by atoms with E-state index in [1.54, 1.807) is 18.6 Å². The van der Waals surface area contributed by atoms with Gasteiger partial charge < -0.3 is 9.47 Å². The van der Waals surface area contributed by atoms with Crippen LogP contribution < -0.4 is 15.8 Å². The van der Waals surface area contributed by atoms with E-state index >= 15 is 0 Å². The van der Waals surface area contributed by atoms with E-state index in [1.165, 1.54) is 0 Å². The number of aryl methyl sites for hydroxylation is 1. The van der Waals surface area contributed by atoms with E-state index < -0.39 is 0 Å². The van der Waals surface area contributed by atoms with Crippen molar-refractivity contribution in [1.29, 1.82) is 0 Å². The predicted molar refractivity (Wildman–Crippen MR) is 118 cm³/mol. The number of anilines is 1. The molecular weight excluding hydrogens is 392 g/mol. The van der Waals surface area contributed by atoms with Crippen LogP contribution in [0.2, 0.25) is 0 Å². The number of hydrazine groups is 1. The van der Waals surface area contributed by atoms with Crippen molar-refractivity contribution in [2.75, 3.05) is 18.0 Å². The van der Waals surface area contributed by atoms with Crippen LogP contribution in [0.4, 0.5) is 5.82 Å². The van der Waals surface area contributed by atoms with Gasteiger partial charge in [0.05, 0.1) is 17.7 Å². The van der Waals surface area contributed by atoms with E-state index in [0.29, 0.717) is 12.1 Å². The number of rotatable bonds is 4. The first-order valence-electron chi connectivity index (χ1n) is 10.4. The number of hydrogen-bond donors (Lipinski definition) is 2. The SMILES string of the molecule is Cc1cc(C(=O)NNC(=O)C2CCCN(c3cnccn3)C2)c(C)n1-c1ccccc1. The van der Waals surface area contributed by atoms with Gasteiger partial charge in [0.2, 0.25) is 5.91 Å². The van der Waals surface area contributed by atoms with Crippen molar-refractivity contribution in [3.8, 4) is 5.69 Å². The Hall–Kier alpha value is -3.68. The lowest BCUT2D eigenvalue weighted by Crippen LogP contribution is -2.49. The van der Waals surface area contributed by atoms with Gasteiger partial charge in [-0.25, -0.2) is 4.98 Å². The fourth-order valence-corrected chi connectivity index (χ4v) is 4.11. The average molecular weight is 419 g/mol. The van der Waals surface area contributed by atoms with Gasteiger partial charge in [-0.2, -0.15) is 0 Å². The molecule has 2 amide bonds. The number of carbonyl (C=O) groups excluding carboxylic acids is 2. The molecule has 0 saturated carbocycles. The maximum absolute atomic E-state index is 12.8. The number of aromatic nitrogens is 3. The molecular formula is C23H26N6O2. The van der Waals surface area contributed by atoms with E-state index in [1.807, 2.05) is 54.8 Å². The Morgan fingerprint density at radius 1 is 1.10 bits per heavy atom. The number of piperidine rings is 1. The summed E-state index contributed by atoms with van der Waals surface area (Å²) in [6, 6.07) is 11.7. The molecule has 8 nitrogen and oxygen atoms in total. The van der Waals surface area contributed by atoms with Crippen LogP contribution in [-0.2, 0) is 4.79 Å². The van der Waals surface area contributed by atoms with Crippen molar-refractivity contribution in [1.82, 2.24) is 25.4 Å². The molecule has 31 heavy (non-hydrogen) atoms. The molecule has 3 aromatic rings. The highest BCUT2D eigenvalue weighted by Gasteiger charge is 2.27. The van der Waals surface area contributed by atoms with Crippen LogP contribution in [-0.4, -0.2) is 39.4 Å². The number of para-hydroxylation sites is 1. The van der Waals surface area contributed by atoms with Crippen LogP contribution in [0.15, 0.2) is 55.0 Å². The summed E-state index contributed by atoms with van der Waals surface area (Å²) in [5, 5.41) is 0. The van der Waals surface area contributed by atoms with Gasteiger partial charge in [0.1, 0.15) is 5.82 Å². The van der Waals surface area contributed by atoms with Gasteiger partial charge in [0.15, 0.2) is 0 Å². The summed E-state index contributed by atoms with van der Waals surface area (Å²) in [4.78, 5) is 35.9. The topological polar surface area (TPSA) is 92.2 Å². The highest BCUT2D eigenvalue weighted by Crippen LogP contribution is 2.22. The maximum atomic E-state index is 12.8. The number of nitrogens with one attached hydrogen (secondary N) is 2. The van der Waals surface area contributed by atoms with Crippen molar-refractivity contribution in [3.63, 3.8) is 0 Å². The molecule has 3 heterocycles. The summed E-state index contributed by atoms with van der Waals surface area (Å²) in [5.74, 6) is 0.00854. The first-order chi connectivity index (χ1) is 15.0. The molecule has 8 heteroatoms. The van der Waals surface area contributed by atoms with E-state index in [4.69, 9.17) is 0 Å². The summed E-state index contributed by atoms with van der Waals surface area (Å²) >= 11 is 0. The van der Waals surface area contributed by atoms with E-state index in [-0.39, 0.29) is 17.7 Å². The molecule has 160 valence electrons. The minimum atomic E-state index is -0.328. The van der Waals surface area contributed by atoms with Gasteiger partial charge in [0.25, 0.3) is 5.91 Å². The zero-order chi connectivity index (χ0) is 21.8. The molecule has 2 N–H and O–H groups in total. The second-order valence-electron chi connectivity index (χ2n) is 7.75. The van der Waals surface area contributed by atoms with Gasteiger partial charge in [-0.05, 0) is 44.9 Å². The first kappa shape index (κ1) is 20.6. The molecule has 1 saturated heterocycles. The molecule has 1 fully saturated rings. The molecule has 2 aromatic heterocycles. The van der Waals surface area contributed by atoms with Crippen molar-refractivity contribution in [2.45, 2.75) is 26.7 Å². The van der Waals surface area contributed by atoms with Crippen LogP contribution in [0.5, 0.6) is 0 Å². The number of nitrogens with zero attached hydrogens (tertiary/aromatic N) is 4. The molecule has 4 rings (SSSR count). The average Bonchev–Trinajstić information content (AvgIpc) is 3.12. The molecule has 0 aliphatic carbocycles. The molecule has 1 aromatic carbocycles. The fraction of sp³-hybridized carbons (Fsp3) is 0.304. The smallest absolute Gasteiger partial charge is 0.271 e. The highest BCUT2D eigenvalue weighted by molar-refractivity contribution is 5.97. The predicted octanol–water partition coefficient (Wildman–Crippen LogP) is 2.56. The minimum Gasteiger partial charge on any atom is -0.355 e. The van der Waals surface area contributed by atoms with Crippen molar-refractivity contribution < 1.29 is 9.59 Å². The molecule has 0 spiro atoms. The van der Waals surface area contributed by atoms with Crippen LogP contribution in [0.25, 0.3) is 5.69 Å². The van der Waals surface area contributed by atoms with Crippen LogP contribution >= 0.6 is 0 Å². The van der Waals surface area contributed by atoms with Crippen molar-refractivity contribution in [3.05, 3.63) is 71.9 Å². The summed E-state index contributed by atoms with van der Waals surface area (Å²) in [6.07, 6.45) is 6.61. The summed E-state index contributed by atoms with van der Waals surface area (Å²) in [6.45, 7) is 5.23. The standard InChI is InChI=1S/C23H26N6O2/c1-16-13-20(17(2)29(16)19-8-4-3-5-9-19)23(31)27-26-22(30)18-7-6-12-28(15-18)21-14-24-10-11-25-21/h3-5,8-11,13-14,18H,6-7,12,15H2,1-2H3,(H,26,30)(H,27,31). The third kappa shape index (κ3) is 4.42. The Balaban J connectivity index is 1.39. The number of amides is 2. The maximum Gasteiger partial charge on any atom is 0.271 e. The second kappa shape index (κ2) is 8.99. The molecule has 1 aliphatic rings. The molecule has 0 bridgehead atoms. The summed E-state index contributed by atoms with van der Waals surface area (Å²) in [7, 11) is 0. The Morgan fingerprint density at radius 2 is 1.90 bits per heavy atom. The summed E-state index contributed by atoms with van der Waals surface area (Å²) < 4.78 is 2.02. The number of carbonyl (C=O) groups is 2. The van der Waals surface area contributed by atoms with Gasteiger partial charge in [-0.15, -0.1) is 0 Å². The van der Waals surface area contributed by atoms with Gasteiger partial charge in [-0.1, -0.05) is 18.2 Å². The monoisotopic (exact) mass is 418 g/mol. The molecule has 1 unspecified atom stereocenters. The van der Waals surface area contributed by atoms with Crippen LogP contribution in [0, 0.1) is 19.8 Å². The van der Waals surface area contributed by atoms with Crippen LogP contribution in [0.1, 0.15) is 34.6 Å². The quantitative estimate of drug-likeness (QED) is 0.636. The van der Waals surface area contributed by atoms with Crippen LogP contribution in [0.3, 0.4) is 0 Å². The van der Waals surface area contributed by atoms with Gasteiger partial charge in [0, 0.05) is 42.6 Å². The van der Waals surface area contributed by atoms with Gasteiger partial charge in [-0.3, -0.25) is 25.4 Å². The zero-order valence-electron chi connectivity index (χ0n) is 17.7. The first-order valence-corrected chi connectivity index (χ1v) is 10.4. The lowest BCUT2D eigenvalue weighted by Gasteiger charge is -2.32. The number of benzene rings is 1. The minimum absolute atomic E-state index is 0.196. The lowest BCUT2D eigenvalue weighted by molar-refractivity contribution is -0.126. The third-order valence-corrected chi connectivity index (χ3v) is 5.66. The van der Waals surface area contributed by atoms with Gasteiger partial charge >= 0.3 is 0 Å². The Morgan fingerprint density at radius 3 is 2.65 bits per heavy atom. The van der Waals surface area contributed by atoms with Crippen molar-refractivity contribution >= 4 is 17.6 Å². The third-order valence-electron chi connectivity index (χ3n) is 5.66. The molecule has 1 atom stereocenters. The zero-order valence-corrected chi connectivity index (χ0v) is 17.7. The van der Waals surface area contributed by atoms with E-state index in [2.05, 4.69) is 25.7 Å². The molecule has 1 aliphatic heterocycles. The Labute approximate surface area is 181 Å².